The topological polar surface area (TPSA) is 9.23 Å². The summed E-state index contributed by atoms with van der Waals surface area (Å²) in [5.74, 6) is 2.47. The van der Waals surface area contributed by atoms with Crippen molar-refractivity contribution >= 4 is 11.6 Å². The normalized spacial score (nSPS) is 19.8. The molecule has 0 spiro atoms. The van der Waals surface area contributed by atoms with Gasteiger partial charge in [0, 0.05) is 0 Å². The van der Waals surface area contributed by atoms with E-state index in [1.807, 2.05) is 19.1 Å². The average molecular weight is 385 g/mol. The monoisotopic (exact) mass is 384 g/mol. The zero-order chi connectivity index (χ0) is 19.1. The fraction of sp³-hybridized carbons (Fsp3) is 0.520. The van der Waals surface area contributed by atoms with Crippen molar-refractivity contribution in [2.45, 2.75) is 71.1 Å². The molecule has 2 aromatic rings. The van der Waals surface area contributed by atoms with Crippen molar-refractivity contribution in [3.8, 4) is 16.9 Å². The number of benzene rings is 2. The zero-order valence-corrected chi connectivity index (χ0v) is 17.6. The summed E-state index contributed by atoms with van der Waals surface area (Å²) < 4.78 is 5.53. The molecule has 0 atom stereocenters. The molecule has 0 aromatic heterocycles. The van der Waals surface area contributed by atoms with E-state index in [1.54, 1.807) is 0 Å². The molecule has 1 aliphatic rings. The summed E-state index contributed by atoms with van der Waals surface area (Å²) >= 11 is 6.35. The van der Waals surface area contributed by atoms with E-state index in [2.05, 4.69) is 37.3 Å². The molecule has 0 aliphatic heterocycles. The van der Waals surface area contributed by atoms with Gasteiger partial charge in [0.2, 0.25) is 0 Å². The van der Waals surface area contributed by atoms with Gasteiger partial charge in [0.15, 0.2) is 0 Å². The summed E-state index contributed by atoms with van der Waals surface area (Å²) in [6.45, 7) is 4.90. The van der Waals surface area contributed by atoms with Gasteiger partial charge in [-0.25, -0.2) is 0 Å². The number of hydrogen-bond acceptors (Lipinski definition) is 1. The summed E-state index contributed by atoms with van der Waals surface area (Å²) in [4.78, 5) is 0. The van der Waals surface area contributed by atoms with Crippen molar-refractivity contribution in [2.75, 3.05) is 6.61 Å². The van der Waals surface area contributed by atoms with Crippen molar-refractivity contribution in [3.05, 3.63) is 53.1 Å². The Kier molecular flexibility index (Phi) is 7.64. The zero-order valence-electron chi connectivity index (χ0n) is 16.8. The Hall–Kier alpha value is -1.47. The van der Waals surface area contributed by atoms with Gasteiger partial charge in [-0.15, -0.1) is 0 Å². The fourth-order valence-corrected chi connectivity index (χ4v) is 4.60. The molecule has 1 fully saturated rings. The van der Waals surface area contributed by atoms with Gasteiger partial charge < -0.3 is 4.74 Å². The molecule has 1 nitrogen and oxygen atoms in total. The Balaban J connectivity index is 1.59. The molecule has 1 aliphatic carbocycles. The van der Waals surface area contributed by atoms with Crippen LogP contribution in [0.15, 0.2) is 42.5 Å². The van der Waals surface area contributed by atoms with Crippen LogP contribution in [0.1, 0.15) is 76.7 Å². The van der Waals surface area contributed by atoms with E-state index in [-0.39, 0.29) is 0 Å². The first kappa shape index (κ1) is 20.3. The molecule has 146 valence electrons. The highest BCUT2D eigenvalue weighted by Gasteiger charge is 2.22. The van der Waals surface area contributed by atoms with Crippen LogP contribution in [-0.2, 0) is 0 Å². The van der Waals surface area contributed by atoms with Crippen molar-refractivity contribution in [2.24, 2.45) is 5.92 Å². The summed E-state index contributed by atoms with van der Waals surface area (Å²) in [6, 6.07) is 15.2. The number of hydrogen-bond donors (Lipinski definition) is 0. The molecule has 0 bridgehead atoms. The SMILES string of the molecule is CCCCCC1CCC(c2ccc(-c3ccc(OCC)c(Cl)c3)cc2)CC1. The molecule has 2 aromatic carbocycles. The van der Waals surface area contributed by atoms with E-state index in [4.69, 9.17) is 16.3 Å². The highest BCUT2D eigenvalue weighted by atomic mass is 35.5. The third-order valence-corrected chi connectivity index (χ3v) is 6.31. The smallest absolute Gasteiger partial charge is 0.137 e. The lowest BCUT2D eigenvalue weighted by molar-refractivity contribution is 0.303. The Labute approximate surface area is 170 Å². The first-order valence-electron chi connectivity index (χ1n) is 10.7. The molecule has 0 unspecified atom stereocenters. The van der Waals surface area contributed by atoms with E-state index in [9.17, 15) is 0 Å². The van der Waals surface area contributed by atoms with Gasteiger partial charge in [-0.05, 0) is 73.3 Å². The molecular formula is C25H33ClO. The Morgan fingerprint density at radius 2 is 1.59 bits per heavy atom. The van der Waals surface area contributed by atoms with Crippen molar-refractivity contribution < 1.29 is 4.74 Å². The van der Waals surface area contributed by atoms with E-state index in [0.717, 1.165) is 23.1 Å². The van der Waals surface area contributed by atoms with Crippen LogP contribution in [0.5, 0.6) is 5.75 Å². The number of rotatable bonds is 8. The first-order valence-corrected chi connectivity index (χ1v) is 11.1. The molecule has 0 N–H and O–H groups in total. The molecule has 0 saturated heterocycles. The van der Waals surface area contributed by atoms with E-state index >= 15 is 0 Å². The third kappa shape index (κ3) is 5.51. The summed E-state index contributed by atoms with van der Waals surface area (Å²) in [6.07, 6.45) is 11.1. The molecule has 0 radical (unpaired) electrons. The minimum Gasteiger partial charge on any atom is -0.492 e. The second-order valence-corrected chi connectivity index (χ2v) is 8.32. The van der Waals surface area contributed by atoms with E-state index in [1.165, 1.54) is 62.5 Å². The maximum Gasteiger partial charge on any atom is 0.137 e. The van der Waals surface area contributed by atoms with Crippen LogP contribution >= 0.6 is 11.6 Å². The van der Waals surface area contributed by atoms with Gasteiger partial charge in [0.25, 0.3) is 0 Å². The molecular weight excluding hydrogens is 352 g/mol. The lowest BCUT2D eigenvalue weighted by Crippen LogP contribution is -2.13. The molecule has 0 amide bonds. The van der Waals surface area contributed by atoms with E-state index in [0.29, 0.717) is 11.6 Å². The first-order chi connectivity index (χ1) is 13.2. The maximum absolute atomic E-state index is 6.35. The fourth-order valence-electron chi connectivity index (χ4n) is 4.37. The number of ether oxygens (including phenoxy) is 1. The Morgan fingerprint density at radius 3 is 2.22 bits per heavy atom. The Bertz CT molecular complexity index is 699. The lowest BCUT2D eigenvalue weighted by atomic mass is 9.77. The highest BCUT2D eigenvalue weighted by Crippen LogP contribution is 2.38. The van der Waals surface area contributed by atoms with Crippen molar-refractivity contribution in [3.63, 3.8) is 0 Å². The predicted molar refractivity (Wildman–Crippen MR) is 117 cm³/mol. The maximum atomic E-state index is 6.35. The van der Waals surface area contributed by atoms with E-state index < -0.39 is 0 Å². The second kappa shape index (κ2) is 10.2. The van der Waals surface area contributed by atoms with Crippen LogP contribution in [0.4, 0.5) is 0 Å². The van der Waals surface area contributed by atoms with Gasteiger partial charge in [0.05, 0.1) is 11.6 Å². The second-order valence-electron chi connectivity index (χ2n) is 7.91. The van der Waals surface area contributed by atoms with Crippen LogP contribution in [-0.4, -0.2) is 6.61 Å². The van der Waals surface area contributed by atoms with Gasteiger partial charge in [-0.2, -0.15) is 0 Å². The number of halogens is 1. The summed E-state index contributed by atoms with van der Waals surface area (Å²) in [5.41, 5.74) is 3.87. The average Bonchev–Trinajstić information content (AvgIpc) is 2.71. The van der Waals surface area contributed by atoms with Crippen LogP contribution in [0, 0.1) is 5.92 Å². The van der Waals surface area contributed by atoms with Gasteiger partial charge >= 0.3 is 0 Å². The lowest BCUT2D eigenvalue weighted by Gasteiger charge is -2.29. The highest BCUT2D eigenvalue weighted by molar-refractivity contribution is 6.32. The minimum atomic E-state index is 0.634. The molecule has 0 heterocycles. The molecule has 3 rings (SSSR count). The molecule has 1 saturated carbocycles. The largest absolute Gasteiger partial charge is 0.492 e. The summed E-state index contributed by atoms with van der Waals surface area (Å²) in [5, 5.41) is 0.680. The standard InChI is InChI=1S/C25H33ClO/c1-3-5-6-7-19-8-10-20(11-9-19)21-12-14-22(15-13-21)23-16-17-25(27-4-2)24(26)18-23/h12-20H,3-11H2,1-2H3. The molecule has 27 heavy (non-hydrogen) atoms. The Morgan fingerprint density at radius 1 is 0.889 bits per heavy atom. The van der Waals surface area contributed by atoms with Gasteiger partial charge in [-0.3, -0.25) is 0 Å². The van der Waals surface area contributed by atoms with Gasteiger partial charge in [-0.1, -0.05) is 74.5 Å². The van der Waals surface area contributed by atoms with Crippen molar-refractivity contribution in [1.29, 1.82) is 0 Å². The predicted octanol–water partition coefficient (Wildman–Crippen LogP) is 8.26. The van der Waals surface area contributed by atoms with Crippen molar-refractivity contribution in [1.82, 2.24) is 0 Å². The minimum absolute atomic E-state index is 0.634. The van der Waals surface area contributed by atoms with Gasteiger partial charge in [0.1, 0.15) is 5.75 Å². The molecule has 2 heteroatoms. The van der Waals surface area contributed by atoms with Crippen LogP contribution < -0.4 is 4.74 Å². The third-order valence-electron chi connectivity index (χ3n) is 6.01. The quantitative estimate of drug-likeness (QED) is 0.416. The van der Waals surface area contributed by atoms with Crippen LogP contribution in [0.2, 0.25) is 5.02 Å². The number of unbranched alkanes of at least 4 members (excludes halogenated alkanes) is 2. The van der Waals surface area contributed by atoms with Crippen LogP contribution in [0.25, 0.3) is 11.1 Å². The summed E-state index contributed by atoms with van der Waals surface area (Å²) in [7, 11) is 0. The van der Waals surface area contributed by atoms with Crippen LogP contribution in [0.3, 0.4) is 0 Å².